The van der Waals surface area contributed by atoms with Gasteiger partial charge in [-0.2, -0.15) is 0 Å². The van der Waals surface area contributed by atoms with E-state index < -0.39 is 23.8 Å². The van der Waals surface area contributed by atoms with Gasteiger partial charge < -0.3 is 15.8 Å². The van der Waals surface area contributed by atoms with Gasteiger partial charge in [-0.1, -0.05) is 12.1 Å². The summed E-state index contributed by atoms with van der Waals surface area (Å²) in [6, 6.07) is 6.89. The molecule has 0 heterocycles. The molecule has 0 bridgehead atoms. The third-order valence-corrected chi connectivity index (χ3v) is 3.35. The number of hydrogen-bond donors (Lipinski definition) is 2. The SMILES string of the molecule is NC(=NCc1ccc(OC(F)(F)F)cc1)NCCc1cc(F)c(F)c(F)c1. The monoisotopic (exact) mass is 391 g/mol. The third kappa shape index (κ3) is 6.72. The number of nitrogens with two attached hydrogens (primary N) is 1. The van der Waals surface area contributed by atoms with Crippen LogP contribution in [0.5, 0.6) is 5.75 Å². The van der Waals surface area contributed by atoms with Crippen molar-refractivity contribution in [2.75, 3.05) is 6.54 Å². The Morgan fingerprint density at radius 3 is 2.15 bits per heavy atom. The molecule has 2 rings (SSSR count). The summed E-state index contributed by atoms with van der Waals surface area (Å²) in [5, 5.41) is 2.71. The van der Waals surface area contributed by atoms with Gasteiger partial charge in [-0.25, -0.2) is 18.2 Å². The minimum Gasteiger partial charge on any atom is -0.406 e. The van der Waals surface area contributed by atoms with Crippen LogP contribution in [0.1, 0.15) is 11.1 Å². The molecule has 0 saturated heterocycles. The van der Waals surface area contributed by atoms with E-state index in [0.717, 1.165) is 24.3 Å². The van der Waals surface area contributed by atoms with E-state index in [9.17, 15) is 26.3 Å². The smallest absolute Gasteiger partial charge is 0.406 e. The molecule has 2 aromatic rings. The topological polar surface area (TPSA) is 59.6 Å². The molecule has 0 atom stereocenters. The summed E-state index contributed by atoms with van der Waals surface area (Å²) in [5.41, 5.74) is 6.48. The van der Waals surface area contributed by atoms with Crippen LogP contribution in [0.2, 0.25) is 0 Å². The Labute approximate surface area is 150 Å². The van der Waals surface area contributed by atoms with Gasteiger partial charge in [0.15, 0.2) is 23.4 Å². The minimum atomic E-state index is -4.76. The normalized spacial score (nSPS) is 12.1. The number of rotatable bonds is 6. The molecule has 0 radical (unpaired) electrons. The number of hydrogen-bond acceptors (Lipinski definition) is 2. The number of benzene rings is 2. The molecule has 0 aromatic heterocycles. The van der Waals surface area contributed by atoms with Gasteiger partial charge in [0.2, 0.25) is 0 Å². The molecule has 146 valence electrons. The predicted molar refractivity (Wildman–Crippen MR) is 86.5 cm³/mol. The molecule has 27 heavy (non-hydrogen) atoms. The summed E-state index contributed by atoms with van der Waals surface area (Å²) in [6.07, 6.45) is -4.59. The zero-order chi connectivity index (χ0) is 20.0. The van der Waals surface area contributed by atoms with E-state index >= 15 is 0 Å². The zero-order valence-electron chi connectivity index (χ0n) is 13.8. The quantitative estimate of drug-likeness (QED) is 0.342. The lowest BCUT2D eigenvalue weighted by molar-refractivity contribution is -0.274. The molecule has 10 heteroatoms. The molecule has 2 aromatic carbocycles. The molecule has 0 saturated carbocycles. The second-order valence-corrected chi connectivity index (χ2v) is 5.44. The van der Waals surface area contributed by atoms with E-state index in [1.807, 2.05) is 0 Å². The highest BCUT2D eigenvalue weighted by Gasteiger charge is 2.30. The fraction of sp³-hybridized carbons (Fsp3) is 0.235. The van der Waals surface area contributed by atoms with Gasteiger partial charge in [0.25, 0.3) is 0 Å². The summed E-state index contributed by atoms with van der Waals surface area (Å²) in [5.74, 6) is -4.39. The van der Waals surface area contributed by atoms with Crippen LogP contribution in [-0.4, -0.2) is 18.9 Å². The fourth-order valence-corrected chi connectivity index (χ4v) is 2.12. The molecule has 0 aliphatic carbocycles. The van der Waals surface area contributed by atoms with Gasteiger partial charge in [0, 0.05) is 6.54 Å². The lowest BCUT2D eigenvalue weighted by Crippen LogP contribution is -2.33. The number of halogens is 6. The Hall–Kier alpha value is -2.91. The van der Waals surface area contributed by atoms with Crippen molar-refractivity contribution in [3.05, 3.63) is 65.0 Å². The second-order valence-electron chi connectivity index (χ2n) is 5.44. The minimum absolute atomic E-state index is 0.0358. The summed E-state index contributed by atoms with van der Waals surface area (Å²) < 4.78 is 79.0. The molecule has 0 aliphatic heterocycles. The van der Waals surface area contributed by atoms with Crippen molar-refractivity contribution >= 4 is 5.96 Å². The van der Waals surface area contributed by atoms with E-state index in [4.69, 9.17) is 5.73 Å². The summed E-state index contributed by atoms with van der Waals surface area (Å²) >= 11 is 0. The maximum atomic E-state index is 13.1. The van der Waals surface area contributed by atoms with Gasteiger partial charge in [-0.15, -0.1) is 13.2 Å². The Kier molecular flexibility index (Phi) is 6.54. The first-order chi connectivity index (χ1) is 12.6. The van der Waals surface area contributed by atoms with Crippen molar-refractivity contribution in [1.29, 1.82) is 0 Å². The fourth-order valence-electron chi connectivity index (χ4n) is 2.12. The first kappa shape index (κ1) is 20.4. The lowest BCUT2D eigenvalue weighted by Gasteiger charge is -2.09. The van der Waals surface area contributed by atoms with Crippen LogP contribution in [0.25, 0.3) is 0 Å². The Balaban J connectivity index is 1.82. The van der Waals surface area contributed by atoms with Crippen LogP contribution in [0.3, 0.4) is 0 Å². The van der Waals surface area contributed by atoms with Crippen molar-refractivity contribution in [2.24, 2.45) is 10.7 Å². The summed E-state index contributed by atoms with van der Waals surface area (Å²) in [7, 11) is 0. The van der Waals surface area contributed by atoms with Gasteiger partial charge in [-0.05, 0) is 41.8 Å². The molecular formula is C17H15F6N3O. The average molecular weight is 391 g/mol. The first-order valence-electron chi connectivity index (χ1n) is 7.66. The van der Waals surface area contributed by atoms with Crippen molar-refractivity contribution in [3.63, 3.8) is 0 Å². The van der Waals surface area contributed by atoms with Gasteiger partial charge in [0.05, 0.1) is 6.54 Å². The van der Waals surface area contributed by atoms with Crippen LogP contribution in [0.4, 0.5) is 26.3 Å². The van der Waals surface area contributed by atoms with E-state index in [2.05, 4.69) is 15.0 Å². The average Bonchev–Trinajstić information content (AvgIpc) is 2.57. The Morgan fingerprint density at radius 1 is 1.00 bits per heavy atom. The third-order valence-electron chi connectivity index (χ3n) is 3.35. The van der Waals surface area contributed by atoms with Crippen LogP contribution in [0, 0.1) is 17.5 Å². The number of nitrogens with one attached hydrogen (secondary N) is 1. The molecule has 0 fully saturated rings. The van der Waals surface area contributed by atoms with Crippen molar-refractivity contribution in [1.82, 2.24) is 5.32 Å². The lowest BCUT2D eigenvalue weighted by atomic mass is 10.1. The highest BCUT2D eigenvalue weighted by atomic mass is 19.4. The number of ether oxygens (including phenoxy) is 1. The van der Waals surface area contributed by atoms with Gasteiger partial charge in [0.1, 0.15) is 5.75 Å². The van der Waals surface area contributed by atoms with Crippen LogP contribution in [-0.2, 0) is 13.0 Å². The van der Waals surface area contributed by atoms with Crippen molar-refractivity contribution in [2.45, 2.75) is 19.3 Å². The number of alkyl halides is 3. The standard InChI is InChI=1S/C17H15F6N3O/c18-13-7-11(8-14(19)15(13)20)5-6-25-16(24)26-9-10-1-3-12(4-2-10)27-17(21,22)23/h1-4,7-8H,5-6,9H2,(H3,24,25,26). The van der Waals surface area contributed by atoms with E-state index in [1.165, 1.54) is 12.1 Å². The molecule has 4 nitrogen and oxygen atoms in total. The highest BCUT2D eigenvalue weighted by Crippen LogP contribution is 2.22. The molecule has 0 spiro atoms. The van der Waals surface area contributed by atoms with Crippen LogP contribution in [0.15, 0.2) is 41.4 Å². The molecule has 0 aliphatic rings. The van der Waals surface area contributed by atoms with Crippen molar-refractivity contribution < 1.29 is 31.1 Å². The maximum Gasteiger partial charge on any atom is 0.573 e. The van der Waals surface area contributed by atoms with Gasteiger partial charge >= 0.3 is 6.36 Å². The second kappa shape index (κ2) is 8.65. The predicted octanol–water partition coefficient (Wildman–Crippen LogP) is 3.65. The number of nitrogens with zero attached hydrogens (tertiary/aromatic N) is 1. The molecular weight excluding hydrogens is 376 g/mol. The molecule has 3 N–H and O–H groups in total. The Morgan fingerprint density at radius 2 is 1.59 bits per heavy atom. The summed E-state index contributed by atoms with van der Waals surface area (Å²) in [6.45, 7) is 0.295. The maximum absolute atomic E-state index is 13.1. The molecule has 0 unspecified atom stereocenters. The number of guanidine groups is 1. The zero-order valence-corrected chi connectivity index (χ0v) is 13.8. The highest BCUT2D eigenvalue weighted by molar-refractivity contribution is 5.77. The Bertz CT molecular complexity index is 782. The van der Waals surface area contributed by atoms with E-state index in [0.29, 0.717) is 5.56 Å². The van der Waals surface area contributed by atoms with E-state index in [1.54, 1.807) is 0 Å². The van der Waals surface area contributed by atoms with Gasteiger partial charge in [-0.3, -0.25) is 0 Å². The summed E-state index contributed by atoms with van der Waals surface area (Å²) in [4.78, 5) is 3.99. The van der Waals surface area contributed by atoms with Crippen LogP contribution >= 0.6 is 0 Å². The first-order valence-corrected chi connectivity index (χ1v) is 7.66. The number of aliphatic imine (C=N–C) groups is 1. The largest absolute Gasteiger partial charge is 0.573 e. The van der Waals surface area contributed by atoms with E-state index in [-0.39, 0.29) is 36.8 Å². The van der Waals surface area contributed by atoms with Crippen LogP contribution < -0.4 is 15.8 Å². The van der Waals surface area contributed by atoms with Crippen molar-refractivity contribution in [3.8, 4) is 5.75 Å². The molecule has 0 amide bonds.